The third-order valence-corrected chi connectivity index (χ3v) is 5.00. The van der Waals surface area contributed by atoms with Gasteiger partial charge < -0.3 is 15.4 Å². The molecular formula is C19H24N2O3. The first-order valence-corrected chi connectivity index (χ1v) is 8.69. The Bertz CT molecular complexity index is 727. The van der Waals surface area contributed by atoms with Crippen molar-refractivity contribution < 1.29 is 14.7 Å². The van der Waals surface area contributed by atoms with Gasteiger partial charge in [0.1, 0.15) is 5.54 Å². The standard InChI is InChI=1S/C19H24N2O3/c22-17(21-19(18(23)24)10-3-1-2-4-11-19)8-6-14-5-7-16-15(13-14)9-12-20-16/h5,7,9,12-13,20H,1-4,6,8,10-11H2,(H,21,22)(H,23,24). The van der Waals surface area contributed by atoms with Gasteiger partial charge in [-0.05, 0) is 48.4 Å². The number of hydrogen-bond acceptors (Lipinski definition) is 2. The lowest BCUT2D eigenvalue weighted by atomic mass is 9.90. The van der Waals surface area contributed by atoms with Crippen molar-refractivity contribution in [1.82, 2.24) is 10.3 Å². The second-order valence-corrected chi connectivity index (χ2v) is 6.75. The molecule has 128 valence electrons. The zero-order chi connectivity index (χ0) is 17.0. The zero-order valence-corrected chi connectivity index (χ0v) is 13.8. The lowest BCUT2D eigenvalue weighted by Gasteiger charge is -2.29. The van der Waals surface area contributed by atoms with Crippen molar-refractivity contribution in [3.05, 3.63) is 36.0 Å². The van der Waals surface area contributed by atoms with E-state index in [1.165, 1.54) is 0 Å². The molecule has 5 heteroatoms. The van der Waals surface area contributed by atoms with Gasteiger partial charge >= 0.3 is 5.97 Å². The van der Waals surface area contributed by atoms with E-state index >= 15 is 0 Å². The van der Waals surface area contributed by atoms with E-state index in [0.29, 0.717) is 25.7 Å². The van der Waals surface area contributed by atoms with Gasteiger partial charge in [-0.3, -0.25) is 4.79 Å². The van der Waals surface area contributed by atoms with Crippen LogP contribution < -0.4 is 5.32 Å². The van der Waals surface area contributed by atoms with Gasteiger partial charge in [-0.2, -0.15) is 0 Å². The number of carbonyl (C=O) groups excluding carboxylic acids is 1. The maximum Gasteiger partial charge on any atom is 0.329 e. The largest absolute Gasteiger partial charge is 0.480 e. The number of carbonyl (C=O) groups is 2. The summed E-state index contributed by atoms with van der Waals surface area (Å²) in [6, 6.07) is 8.08. The number of hydrogen-bond donors (Lipinski definition) is 3. The number of benzene rings is 1. The molecule has 0 bridgehead atoms. The number of carboxylic acid groups (broad SMARTS) is 1. The van der Waals surface area contributed by atoms with Crippen LogP contribution in [0.5, 0.6) is 0 Å². The highest BCUT2D eigenvalue weighted by atomic mass is 16.4. The zero-order valence-electron chi connectivity index (χ0n) is 13.8. The van der Waals surface area contributed by atoms with Crippen molar-refractivity contribution in [2.75, 3.05) is 0 Å². The van der Waals surface area contributed by atoms with Crippen LogP contribution in [0.1, 0.15) is 50.5 Å². The Morgan fingerprint density at radius 2 is 1.88 bits per heavy atom. The fourth-order valence-corrected chi connectivity index (χ4v) is 3.57. The summed E-state index contributed by atoms with van der Waals surface area (Å²) in [5.74, 6) is -1.07. The van der Waals surface area contributed by atoms with Crippen molar-refractivity contribution in [2.45, 2.75) is 56.9 Å². The molecule has 0 spiro atoms. The molecule has 1 aromatic carbocycles. The minimum atomic E-state index is -1.07. The molecule has 0 aliphatic heterocycles. The number of fused-ring (bicyclic) bond motifs is 1. The molecule has 1 aliphatic rings. The monoisotopic (exact) mass is 328 g/mol. The molecule has 3 N–H and O–H groups in total. The van der Waals surface area contributed by atoms with Gasteiger partial charge in [0.25, 0.3) is 0 Å². The SMILES string of the molecule is O=C(CCc1ccc2[nH]ccc2c1)NC1(C(=O)O)CCCCCC1. The number of aromatic amines is 1. The molecule has 1 amide bonds. The van der Waals surface area contributed by atoms with Crippen molar-refractivity contribution in [2.24, 2.45) is 0 Å². The first-order valence-electron chi connectivity index (χ1n) is 8.69. The number of H-pyrrole nitrogens is 1. The Balaban J connectivity index is 1.62. The molecule has 0 atom stereocenters. The molecule has 0 unspecified atom stereocenters. The number of nitrogens with one attached hydrogen (secondary N) is 2. The molecule has 1 saturated carbocycles. The number of aliphatic carboxylic acids is 1. The molecule has 1 fully saturated rings. The predicted molar refractivity (Wildman–Crippen MR) is 92.8 cm³/mol. The van der Waals surface area contributed by atoms with E-state index in [-0.39, 0.29) is 5.91 Å². The van der Waals surface area contributed by atoms with E-state index in [1.807, 2.05) is 24.4 Å². The van der Waals surface area contributed by atoms with Crippen molar-refractivity contribution in [3.63, 3.8) is 0 Å². The van der Waals surface area contributed by atoms with Gasteiger partial charge in [0.2, 0.25) is 5.91 Å². The highest BCUT2D eigenvalue weighted by Gasteiger charge is 2.39. The van der Waals surface area contributed by atoms with Gasteiger partial charge in [-0.1, -0.05) is 31.7 Å². The lowest BCUT2D eigenvalue weighted by Crippen LogP contribution is -2.54. The fraction of sp³-hybridized carbons (Fsp3) is 0.474. The average molecular weight is 328 g/mol. The molecule has 1 aromatic heterocycles. The van der Waals surface area contributed by atoms with Gasteiger partial charge in [0, 0.05) is 18.1 Å². The van der Waals surface area contributed by atoms with Gasteiger partial charge in [-0.15, -0.1) is 0 Å². The Morgan fingerprint density at radius 3 is 2.58 bits per heavy atom. The van der Waals surface area contributed by atoms with Crippen molar-refractivity contribution >= 4 is 22.8 Å². The van der Waals surface area contributed by atoms with Crippen molar-refractivity contribution in [1.29, 1.82) is 0 Å². The van der Waals surface area contributed by atoms with Crippen LogP contribution in [0.3, 0.4) is 0 Å². The highest BCUT2D eigenvalue weighted by molar-refractivity contribution is 5.87. The average Bonchev–Trinajstić information content (AvgIpc) is 2.90. The number of rotatable bonds is 5. The lowest BCUT2D eigenvalue weighted by molar-refractivity contribution is -0.148. The first kappa shape index (κ1) is 16.6. The molecular weight excluding hydrogens is 304 g/mol. The second-order valence-electron chi connectivity index (χ2n) is 6.75. The number of aryl methyl sites for hydroxylation is 1. The molecule has 2 aromatic rings. The summed E-state index contributed by atoms with van der Waals surface area (Å²) in [5.41, 5.74) is 1.09. The summed E-state index contributed by atoms with van der Waals surface area (Å²) in [7, 11) is 0. The molecule has 1 heterocycles. The van der Waals surface area contributed by atoms with E-state index in [0.717, 1.165) is 42.1 Å². The minimum Gasteiger partial charge on any atom is -0.480 e. The first-order chi connectivity index (χ1) is 11.6. The third kappa shape index (κ3) is 3.61. The highest BCUT2D eigenvalue weighted by Crippen LogP contribution is 2.27. The summed E-state index contributed by atoms with van der Waals surface area (Å²) in [4.78, 5) is 27.2. The number of aromatic nitrogens is 1. The van der Waals surface area contributed by atoms with Crippen LogP contribution in [0, 0.1) is 0 Å². The van der Waals surface area contributed by atoms with E-state index in [2.05, 4.69) is 16.4 Å². The van der Waals surface area contributed by atoms with Gasteiger partial charge in [0.15, 0.2) is 0 Å². The predicted octanol–water partition coefficient (Wildman–Crippen LogP) is 3.39. The van der Waals surface area contributed by atoms with E-state index < -0.39 is 11.5 Å². The van der Waals surface area contributed by atoms with E-state index in [9.17, 15) is 14.7 Å². The van der Waals surface area contributed by atoms with Crippen LogP contribution in [0.4, 0.5) is 0 Å². The van der Waals surface area contributed by atoms with Crippen LogP contribution >= 0.6 is 0 Å². The second kappa shape index (κ2) is 7.07. The Labute approximate surface area is 141 Å². The molecule has 3 rings (SSSR count). The summed E-state index contributed by atoms with van der Waals surface area (Å²) >= 11 is 0. The van der Waals surface area contributed by atoms with Crippen molar-refractivity contribution in [3.8, 4) is 0 Å². The summed E-state index contributed by atoms with van der Waals surface area (Å²) in [6.45, 7) is 0. The fourth-order valence-electron chi connectivity index (χ4n) is 3.57. The number of carboxylic acids is 1. The van der Waals surface area contributed by atoms with Gasteiger partial charge in [-0.25, -0.2) is 4.79 Å². The Morgan fingerprint density at radius 1 is 1.12 bits per heavy atom. The maximum absolute atomic E-state index is 12.3. The van der Waals surface area contributed by atoms with Crippen LogP contribution in [0.25, 0.3) is 10.9 Å². The quantitative estimate of drug-likeness (QED) is 0.736. The molecule has 1 aliphatic carbocycles. The van der Waals surface area contributed by atoms with Gasteiger partial charge in [0.05, 0.1) is 0 Å². The smallest absolute Gasteiger partial charge is 0.329 e. The summed E-state index contributed by atoms with van der Waals surface area (Å²) in [6.07, 6.45) is 7.68. The molecule has 0 saturated heterocycles. The van der Waals surface area contributed by atoms with E-state index in [1.54, 1.807) is 0 Å². The van der Waals surface area contributed by atoms with Crippen LogP contribution in [-0.2, 0) is 16.0 Å². The summed E-state index contributed by atoms with van der Waals surface area (Å²) < 4.78 is 0. The molecule has 24 heavy (non-hydrogen) atoms. The van der Waals surface area contributed by atoms with Crippen LogP contribution in [0.2, 0.25) is 0 Å². The van der Waals surface area contributed by atoms with Crippen LogP contribution in [-0.4, -0.2) is 27.5 Å². The van der Waals surface area contributed by atoms with Crippen LogP contribution in [0.15, 0.2) is 30.5 Å². The number of amides is 1. The topological polar surface area (TPSA) is 82.2 Å². The molecule has 0 radical (unpaired) electrons. The normalized spacial score (nSPS) is 17.3. The third-order valence-electron chi connectivity index (χ3n) is 5.00. The Hall–Kier alpha value is -2.30. The maximum atomic E-state index is 12.3. The summed E-state index contributed by atoms with van der Waals surface area (Å²) in [5, 5.41) is 13.6. The van der Waals surface area contributed by atoms with E-state index in [4.69, 9.17) is 0 Å². The minimum absolute atomic E-state index is 0.173. The molecule has 5 nitrogen and oxygen atoms in total. The Kier molecular flexibility index (Phi) is 4.88.